The lowest BCUT2D eigenvalue weighted by Crippen LogP contribution is -2.48. The van der Waals surface area contributed by atoms with Crippen LogP contribution < -0.4 is 4.74 Å². The van der Waals surface area contributed by atoms with Crippen LogP contribution in [0.5, 0.6) is 5.75 Å². The maximum absolute atomic E-state index is 13.7. The van der Waals surface area contributed by atoms with Crippen molar-refractivity contribution in [1.29, 1.82) is 0 Å². The molecule has 1 aromatic carbocycles. The number of rotatable bonds is 8. The van der Waals surface area contributed by atoms with E-state index in [9.17, 15) is 9.59 Å². The zero-order valence-electron chi connectivity index (χ0n) is 19.9. The molecule has 1 aromatic heterocycles. The second-order valence-electron chi connectivity index (χ2n) is 9.26. The van der Waals surface area contributed by atoms with Gasteiger partial charge in [-0.05, 0) is 60.4 Å². The molecule has 1 fully saturated rings. The van der Waals surface area contributed by atoms with Gasteiger partial charge in [0.05, 0.1) is 19.7 Å². The van der Waals surface area contributed by atoms with Crippen LogP contribution in [0, 0.1) is 5.92 Å². The maximum Gasteiger partial charge on any atom is 0.242 e. The number of thiophene rings is 1. The number of methoxy groups -OCH3 is 1. The van der Waals surface area contributed by atoms with E-state index in [1.807, 2.05) is 21.9 Å². The monoisotopic (exact) mass is 468 g/mol. The summed E-state index contributed by atoms with van der Waals surface area (Å²) < 4.78 is 5.34. The number of hydrogen-bond acceptors (Lipinski definition) is 4. The molecule has 5 nitrogen and oxygen atoms in total. The molecule has 178 valence electrons. The number of hydrogen-bond donors (Lipinski definition) is 0. The van der Waals surface area contributed by atoms with Crippen molar-refractivity contribution in [1.82, 2.24) is 9.80 Å². The predicted molar refractivity (Wildman–Crippen MR) is 133 cm³/mol. The third-order valence-electron chi connectivity index (χ3n) is 7.09. The van der Waals surface area contributed by atoms with E-state index in [1.54, 1.807) is 18.4 Å². The van der Waals surface area contributed by atoms with Crippen LogP contribution in [0.1, 0.15) is 73.9 Å². The molecule has 33 heavy (non-hydrogen) atoms. The molecule has 0 spiro atoms. The van der Waals surface area contributed by atoms with E-state index in [-0.39, 0.29) is 30.3 Å². The number of nitrogens with zero attached hydrogens (tertiary/aromatic N) is 2. The highest BCUT2D eigenvalue weighted by atomic mass is 32.1. The molecule has 1 unspecified atom stereocenters. The Labute approximate surface area is 201 Å². The minimum atomic E-state index is -0.115. The molecule has 2 aromatic rings. The minimum absolute atomic E-state index is 0.0490. The highest BCUT2D eigenvalue weighted by Gasteiger charge is 2.35. The summed E-state index contributed by atoms with van der Waals surface area (Å²) >= 11 is 1.77. The molecule has 4 rings (SSSR count). The van der Waals surface area contributed by atoms with Crippen molar-refractivity contribution < 1.29 is 14.3 Å². The van der Waals surface area contributed by atoms with Gasteiger partial charge in [0.25, 0.3) is 0 Å². The second kappa shape index (κ2) is 11.2. The summed E-state index contributed by atoms with van der Waals surface area (Å²) in [6, 6.07) is 10.1. The summed E-state index contributed by atoms with van der Waals surface area (Å²) in [5, 5.41) is 2.12. The predicted octanol–water partition coefficient (Wildman–Crippen LogP) is 5.44. The standard InChI is InChI=1S/C27H36N2O3S/c1-3-4-16-28(27(31)21-8-6-5-7-9-21)19-25(30)29-17-14-24-23(15-18-33-24)26(29)20-10-12-22(32-2)13-11-20/h10-13,15,18,21,26H,3-9,14,16-17,19H2,1-2H3. The molecule has 1 saturated carbocycles. The Bertz CT molecular complexity index is 933. The van der Waals surface area contributed by atoms with Crippen molar-refractivity contribution in [3.8, 4) is 5.75 Å². The molecule has 2 amide bonds. The average Bonchev–Trinajstić information content (AvgIpc) is 3.35. The van der Waals surface area contributed by atoms with Gasteiger partial charge in [0.2, 0.25) is 11.8 Å². The first-order valence-corrected chi connectivity index (χ1v) is 13.3. The lowest BCUT2D eigenvalue weighted by atomic mass is 9.88. The summed E-state index contributed by atoms with van der Waals surface area (Å²) in [6.07, 6.45) is 8.21. The van der Waals surface area contributed by atoms with Gasteiger partial charge in [-0.2, -0.15) is 0 Å². The molecule has 1 atom stereocenters. The van der Waals surface area contributed by atoms with Crippen molar-refractivity contribution >= 4 is 23.2 Å². The molecular formula is C27H36N2O3S. The van der Waals surface area contributed by atoms with E-state index < -0.39 is 0 Å². The van der Waals surface area contributed by atoms with Gasteiger partial charge in [0, 0.05) is 23.9 Å². The SMILES string of the molecule is CCCCN(CC(=O)N1CCc2sccc2C1c1ccc(OC)cc1)C(=O)C1CCCCC1. The summed E-state index contributed by atoms with van der Waals surface area (Å²) in [6.45, 7) is 3.67. The number of unbranched alkanes of at least 4 members (excludes halogenated alkanes) is 1. The number of amides is 2. The normalized spacial score (nSPS) is 18.6. The first-order chi connectivity index (χ1) is 16.1. The van der Waals surface area contributed by atoms with Crippen LogP contribution in [0.3, 0.4) is 0 Å². The molecule has 1 aliphatic carbocycles. The van der Waals surface area contributed by atoms with Crippen molar-refractivity contribution in [3.05, 3.63) is 51.7 Å². The van der Waals surface area contributed by atoms with Crippen LogP contribution in [0.4, 0.5) is 0 Å². The topological polar surface area (TPSA) is 49.9 Å². The number of ether oxygens (including phenoxy) is 1. The van der Waals surface area contributed by atoms with Gasteiger partial charge in [-0.3, -0.25) is 9.59 Å². The molecule has 2 heterocycles. The van der Waals surface area contributed by atoms with Gasteiger partial charge < -0.3 is 14.5 Å². The van der Waals surface area contributed by atoms with Gasteiger partial charge >= 0.3 is 0 Å². The third kappa shape index (κ3) is 5.43. The Kier molecular flexibility index (Phi) is 8.07. The van der Waals surface area contributed by atoms with Gasteiger partial charge in [-0.25, -0.2) is 0 Å². The van der Waals surface area contributed by atoms with Gasteiger partial charge in [-0.15, -0.1) is 11.3 Å². The zero-order chi connectivity index (χ0) is 23.2. The number of carbonyl (C=O) groups excluding carboxylic acids is 2. The van der Waals surface area contributed by atoms with Crippen LogP contribution in [-0.4, -0.2) is 48.4 Å². The van der Waals surface area contributed by atoms with Crippen molar-refractivity contribution in [2.45, 2.75) is 64.3 Å². The first-order valence-electron chi connectivity index (χ1n) is 12.4. The van der Waals surface area contributed by atoms with Crippen molar-refractivity contribution in [2.24, 2.45) is 5.92 Å². The Morgan fingerprint density at radius 2 is 1.88 bits per heavy atom. The summed E-state index contributed by atoms with van der Waals surface area (Å²) in [5.74, 6) is 1.13. The van der Waals surface area contributed by atoms with E-state index in [2.05, 4.69) is 30.5 Å². The fourth-order valence-electron chi connectivity index (χ4n) is 5.21. The van der Waals surface area contributed by atoms with E-state index in [0.717, 1.165) is 56.3 Å². The van der Waals surface area contributed by atoms with Gasteiger partial charge in [0.15, 0.2) is 0 Å². The van der Waals surface area contributed by atoms with Gasteiger partial charge in [-0.1, -0.05) is 44.7 Å². The Morgan fingerprint density at radius 3 is 2.58 bits per heavy atom. The molecule has 2 aliphatic rings. The van der Waals surface area contributed by atoms with Gasteiger partial charge in [0.1, 0.15) is 5.75 Å². The van der Waals surface area contributed by atoms with Crippen LogP contribution >= 0.6 is 11.3 Å². The fraction of sp³-hybridized carbons (Fsp3) is 0.556. The lowest BCUT2D eigenvalue weighted by Gasteiger charge is -2.38. The largest absolute Gasteiger partial charge is 0.497 e. The molecule has 0 saturated heterocycles. The van der Waals surface area contributed by atoms with Crippen molar-refractivity contribution in [3.63, 3.8) is 0 Å². The van der Waals surface area contributed by atoms with Crippen molar-refractivity contribution in [2.75, 3.05) is 26.7 Å². The molecule has 0 radical (unpaired) electrons. The number of carbonyl (C=O) groups is 2. The smallest absolute Gasteiger partial charge is 0.242 e. The Morgan fingerprint density at radius 1 is 1.12 bits per heavy atom. The summed E-state index contributed by atoms with van der Waals surface area (Å²) in [4.78, 5) is 32.2. The van der Waals surface area contributed by atoms with E-state index in [0.29, 0.717) is 13.1 Å². The number of fused-ring (bicyclic) bond motifs is 1. The molecular weight excluding hydrogens is 432 g/mol. The van der Waals surface area contributed by atoms with Crippen LogP contribution in [0.2, 0.25) is 0 Å². The fourth-order valence-corrected chi connectivity index (χ4v) is 6.11. The second-order valence-corrected chi connectivity index (χ2v) is 10.3. The lowest BCUT2D eigenvalue weighted by molar-refractivity contribution is -0.144. The highest BCUT2D eigenvalue weighted by Crippen LogP contribution is 2.38. The Hall–Kier alpha value is -2.34. The quantitative estimate of drug-likeness (QED) is 0.518. The number of benzene rings is 1. The van der Waals surface area contributed by atoms with Crippen LogP contribution in [0.25, 0.3) is 0 Å². The van der Waals surface area contributed by atoms with Crippen LogP contribution in [-0.2, 0) is 16.0 Å². The molecule has 1 aliphatic heterocycles. The van der Waals surface area contributed by atoms with E-state index >= 15 is 0 Å². The minimum Gasteiger partial charge on any atom is -0.497 e. The highest BCUT2D eigenvalue weighted by molar-refractivity contribution is 7.10. The third-order valence-corrected chi connectivity index (χ3v) is 8.09. The Balaban J connectivity index is 1.56. The molecule has 0 N–H and O–H groups in total. The first kappa shape index (κ1) is 23.8. The summed E-state index contributed by atoms with van der Waals surface area (Å²) in [5.41, 5.74) is 2.30. The summed E-state index contributed by atoms with van der Waals surface area (Å²) in [7, 11) is 1.66. The van der Waals surface area contributed by atoms with E-state index in [4.69, 9.17) is 4.74 Å². The zero-order valence-corrected chi connectivity index (χ0v) is 20.7. The van der Waals surface area contributed by atoms with E-state index in [1.165, 1.54) is 16.9 Å². The molecule has 0 bridgehead atoms. The molecule has 6 heteroatoms. The maximum atomic E-state index is 13.7. The van der Waals surface area contributed by atoms with Crippen LogP contribution in [0.15, 0.2) is 35.7 Å². The average molecular weight is 469 g/mol.